The van der Waals surface area contributed by atoms with Crippen molar-refractivity contribution in [3.8, 4) is 17.6 Å². The van der Waals surface area contributed by atoms with Gasteiger partial charge >= 0.3 is 0 Å². The molecule has 0 bridgehead atoms. The summed E-state index contributed by atoms with van der Waals surface area (Å²) >= 11 is 0. The minimum atomic E-state index is -1.65. The lowest BCUT2D eigenvalue weighted by Crippen LogP contribution is -2.39. The van der Waals surface area contributed by atoms with Crippen molar-refractivity contribution in [1.82, 2.24) is 19.2 Å². The largest absolute Gasteiger partial charge is 0.497 e. The van der Waals surface area contributed by atoms with Gasteiger partial charge in [-0.15, -0.1) is 0 Å². The fourth-order valence-electron chi connectivity index (χ4n) is 7.88. The van der Waals surface area contributed by atoms with E-state index in [2.05, 4.69) is 60.9 Å². The lowest BCUT2D eigenvalue weighted by Gasteiger charge is -2.39. The summed E-state index contributed by atoms with van der Waals surface area (Å²) in [5.41, 5.74) is 3.32. The Hall–Kier alpha value is -5.71. The molecule has 6 aromatic rings. The van der Waals surface area contributed by atoms with Gasteiger partial charge in [0, 0.05) is 30.3 Å². The normalized spacial score (nSPS) is 17.1. The molecule has 1 aliphatic heterocycles. The highest BCUT2D eigenvalue weighted by Crippen LogP contribution is 2.51. The molecule has 13 nitrogen and oxygen atoms in total. The molecule has 14 heteroatoms. The number of carbonyl (C=O) groups excluding carboxylic acids is 1. The van der Waals surface area contributed by atoms with Crippen molar-refractivity contribution >= 4 is 31.3 Å². The Morgan fingerprint density at radius 3 is 2.05 bits per heavy atom. The van der Waals surface area contributed by atoms with Gasteiger partial charge in [0.25, 0.3) is 14.4 Å². The molecule has 1 N–H and O–H groups in total. The fourth-order valence-corrected chi connectivity index (χ4v) is 9.63. The van der Waals surface area contributed by atoms with Crippen molar-refractivity contribution in [1.29, 1.82) is 5.26 Å². The monoisotopic (exact) mass is 856 g/mol. The zero-order valence-corrected chi connectivity index (χ0v) is 36.8. The van der Waals surface area contributed by atoms with Crippen LogP contribution in [-0.4, -0.2) is 76.8 Å². The Bertz CT molecular complexity index is 2350. The predicted molar refractivity (Wildman–Crippen MR) is 239 cm³/mol. The maximum atomic E-state index is 13.2. The predicted octanol–water partition coefficient (Wildman–Crippen LogP) is 9.66. The second-order valence-electron chi connectivity index (χ2n) is 15.4. The van der Waals surface area contributed by atoms with E-state index in [0.29, 0.717) is 23.3 Å². The average Bonchev–Trinajstić information content (AvgIpc) is 3.92. The summed E-state index contributed by atoms with van der Waals surface area (Å²) in [6.07, 6.45) is 2.32. The molecule has 0 aliphatic carbocycles. The number of ether oxygens (including phenoxy) is 4. The molecule has 322 valence electrons. The van der Waals surface area contributed by atoms with Crippen LogP contribution in [0.15, 0.2) is 128 Å². The number of nitriles is 1. The van der Waals surface area contributed by atoms with Crippen molar-refractivity contribution in [3.63, 3.8) is 0 Å². The third-order valence-corrected chi connectivity index (χ3v) is 12.9. The molecule has 62 heavy (non-hydrogen) atoms. The first kappa shape index (κ1) is 44.3. The van der Waals surface area contributed by atoms with E-state index < -0.39 is 32.6 Å². The van der Waals surface area contributed by atoms with E-state index >= 15 is 0 Å². The van der Waals surface area contributed by atoms with Crippen molar-refractivity contribution in [2.45, 2.75) is 76.7 Å². The lowest BCUT2D eigenvalue weighted by atomic mass is 9.80. The quantitative estimate of drug-likeness (QED) is 0.0473. The number of pyridine rings is 1. The Balaban J connectivity index is 1.28. The van der Waals surface area contributed by atoms with Crippen LogP contribution in [0, 0.1) is 11.3 Å². The number of nitrogens with zero attached hydrogens (tertiary/aromatic N) is 5. The SMILES string of the molecule is COc1ccc(C(OC[C@H]2O[C@@H](n3cnc4c(NC(=O)c5ccccc5)nccc43)C[C@@H]2OP(OCCC#N)N(C(C)C)C(C)C)(c2ccccc2)c2ccc(OC)cc2)cc1. The molecule has 3 heterocycles. The first-order chi connectivity index (χ1) is 30.2. The summed E-state index contributed by atoms with van der Waals surface area (Å²) in [6.45, 7) is 8.76. The number of aromatic nitrogens is 3. The molecular formula is C48H53N6O7P. The lowest BCUT2D eigenvalue weighted by molar-refractivity contribution is -0.0911. The molecule has 1 amide bonds. The standard InChI is InChI=1S/C48H53N6O7P/c1-33(2)54(34(3)4)62(59-29-13-27-49)61-42-30-44(53-32-51-45-41(53)26-28-50-46(45)52-47(55)35-14-9-7-10-15-35)60-43(42)31-58-48(36-16-11-8-12-17-36,37-18-22-39(56-5)23-19-37)38-20-24-40(57-6)25-21-38/h7-12,14-26,28,32-34,42-44H,13,29-31H2,1-6H3,(H,50,52,55)/t42-,43+,44+,62?/m0/s1. The fraction of sp³-hybridized carbons (Fsp3) is 0.333. The molecular weight excluding hydrogens is 804 g/mol. The maximum absolute atomic E-state index is 13.2. The van der Waals surface area contributed by atoms with E-state index in [4.69, 9.17) is 33.0 Å². The Kier molecular flexibility index (Phi) is 14.6. The summed E-state index contributed by atoms with van der Waals surface area (Å²) in [5, 5.41) is 12.4. The molecule has 4 atom stereocenters. The van der Waals surface area contributed by atoms with E-state index in [9.17, 15) is 10.1 Å². The Labute approximate surface area is 364 Å². The molecule has 7 rings (SSSR count). The number of hydrogen-bond acceptors (Lipinski definition) is 11. The van der Waals surface area contributed by atoms with Crippen LogP contribution in [0.25, 0.3) is 11.0 Å². The second-order valence-corrected chi connectivity index (χ2v) is 16.8. The van der Waals surface area contributed by atoms with Crippen molar-refractivity contribution in [3.05, 3.63) is 150 Å². The molecule has 0 saturated carbocycles. The van der Waals surface area contributed by atoms with Gasteiger partial charge in [0.2, 0.25) is 0 Å². The Morgan fingerprint density at radius 2 is 1.47 bits per heavy atom. The third kappa shape index (κ3) is 9.67. The van der Waals surface area contributed by atoms with Crippen LogP contribution in [0.5, 0.6) is 11.5 Å². The van der Waals surface area contributed by atoms with Crippen molar-refractivity contribution in [2.75, 3.05) is 32.8 Å². The van der Waals surface area contributed by atoms with Crippen LogP contribution < -0.4 is 14.8 Å². The van der Waals surface area contributed by atoms with Crippen molar-refractivity contribution < 1.29 is 32.8 Å². The number of amides is 1. The highest BCUT2D eigenvalue weighted by molar-refractivity contribution is 7.44. The summed E-state index contributed by atoms with van der Waals surface area (Å²) in [7, 11) is 1.65. The van der Waals surface area contributed by atoms with Gasteiger partial charge in [-0.2, -0.15) is 5.26 Å². The topological polar surface area (TPSA) is 142 Å². The van der Waals surface area contributed by atoms with Gasteiger partial charge in [-0.05, 0) is 86.8 Å². The number of rotatable bonds is 19. The van der Waals surface area contributed by atoms with E-state index in [1.165, 1.54) is 0 Å². The zero-order valence-electron chi connectivity index (χ0n) is 35.9. The van der Waals surface area contributed by atoms with E-state index in [1.54, 1.807) is 38.9 Å². The number of carbonyl (C=O) groups is 1. The zero-order chi connectivity index (χ0) is 43.6. The molecule has 1 fully saturated rings. The van der Waals surface area contributed by atoms with E-state index in [1.807, 2.05) is 95.6 Å². The third-order valence-electron chi connectivity index (χ3n) is 10.8. The first-order valence-electron chi connectivity index (χ1n) is 20.7. The summed E-state index contributed by atoms with van der Waals surface area (Å²) in [6, 6.07) is 39.1. The molecule has 0 radical (unpaired) electrons. The summed E-state index contributed by atoms with van der Waals surface area (Å²) in [4.78, 5) is 22.4. The van der Waals surface area contributed by atoms with Crippen LogP contribution in [0.4, 0.5) is 5.82 Å². The average molecular weight is 857 g/mol. The number of fused-ring (bicyclic) bond motifs is 1. The number of hydrogen-bond donors (Lipinski definition) is 1. The Morgan fingerprint density at radius 1 is 0.871 bits per heavy atom. The highest BCUT2D eigenvalue weighted by atomic mass is 31.2. The van der Waals surface area contributed by atoms with Gasteiger partial charge in [-0.3, -0.25) is 4.79 Å². The highest BCUT2D eigenvalue weighted by Gasteiger charge is 2.45. The minimum Gasteiger partial charge on any atom is -0.497 e. The minimum absolute atomic E-state index is 0.0847. The first-order valence-corrected chi connectivity index (χ1v) is 21.9. The van der Waals surface area contributed by atoms with Crippen LogP contribution in [0.1, 0.15) is 73.8 Å². The molecule has 1 unspecified atom stereocenters. The molecule has 1 saturated heterocycles. The number of methoxy groups -OCH3 is 2. The molecule has 1 aliphatic rings. The van der Waals surface area contributed by atoms with Gasteiger partial charge in [0.1, 0.15) is 34.9 Å². The number of imidazole rings is 1. The van der Waals surface area contributed by atoms with Gasteiger partial charge in [-0.1, -0.05) is 72.8 Å². The van der Waals surface area contributed by atoms with Gasteiger partial charge in [-0.25, -0.2) is 14.6 Å². The van der Waals surface area contributed by atoms with Gasteiger partial charge < -0.3 is 37.9 Å². The number of benzene rings is 4. The van der Waals surface area contributed by atoms with Crippen LogP contribution in [0.2, 0.25) is 0 Å². The van der Waals surface area contributed by atoms with E-state index in [-0.39, 0.29) is 37.6 Å². The van der Waals surface area contributed by atoms with Crippen LogP contribution in [-0.2, 0) is 24.1 Å². The smallest absolute Gasteiger partial charge is 0.259 e. The molecule has 0 spiro atoms. The summed E-state index contributed by atoms with van der Waals surface area (Å²) in [5.74, 6) is 1.49. The summed E-state index contributed by atoms with van der Waals surface area (Å²) < 4.78 is 43.2. The number of nitrogens with one attached hydrogen (secondary N) is 1. The van der Waals surface area contributed by atoms with E-state index in [0.717, 1.165) is 33.7 Å². The van der Waals surface area contributed by atoms with Gasteiger partial charge in [0.05, 0.1) is 57.9 Å². The van der Waals surface area contributed by atoms with Crippen molar-refractivity contribution in [2.24, 2.45) is 0 Å². The van der Waals surface area contributed by atoms with Crippen LogP contribution >= 0.6 is 8.53 Å². The molecule has 4 aromatic carbocycles. The van der Waals surface area contributed by atoms with Gasteiger partial charge in [0.15, 0.2) is 5.82 Å². The number of anilines is 1. The maximum Gasteiger partial charge on any atom is 0.259 e. The van der Waals surface area contributed by atoms with Crippen LogP contribution in [0.3, 0.4) is 0 Å². The second kappa shape index (κ2) is 20.4. The molecule has 2 aromatic heterocycles.